The van der Waals surface area contributed by atoms with Crippen molar-refractivity contribution in [1.82, 2.24) is 10.4 Å². The van der Waals surface area contributed by atoms with E-state index >= 15 is 0 Å². The smallest absolute Gasteiger partial charge is 0.187 e. The lowest BCUT2D eigenvalue weighted by molar-refractivity contribution is 0.416. The van der Waals surface area contributed by atoms with Crippen LogP contribution in [0, 0.1) is 0 Å². The minimum absolute atomic E-state index is 0.529. The second-order valence-electron chi connectivity index (χ2n) is 2.84. The molecule has 6 heteroatoms. The second kappa shape index (κ2) is 5.51. The van der Waals surface area contributed by atoms with Gasteiger partial charge in [-0.25, -0.2) is 5.43 Å². The predicted octanol–water partition coefficient (Wildman–Crippen LogP) is 2.76. The van der Waals surface area contributed by atoms with Gasteiger partial charge in [-0.05, 0) is 30.4 Å². The summed E-state index contributed by atoms with van der Waals surface area (Å²) in [7, 11) is 3.58. The lowest BCUT2D eigenvalue weighted by Crippen LogP contribution is -2.39. The Bertz CT molecular complexity index is 370. The third kappa shape index (κ3) is 3.50. The van der Waals surface area contributed by atoms with E-state index in [0.29, 0.717) is 15.2 Å². The predicted molar refractivity (Wildman–Crippen MR) is 69.5 cm³/mol. The molecule has 15 heavy (non-hydrogen) atoms. The maximum absolute atomic E-state index is 5.98. The van der Waals surface area contributed by atoms with Crippen LogP contribution in [0.1, 0.15) is 0 Å². The first-order chi connectivity index (χ1) is 7.04. The summed E-state index contributed by atoms with van der Waals surface area (Å²) in [6, 6.07) is 5.19. The van der Waals surface area contributed by atoms with E-state index in [1.54, 1.807) is 37.3 Å². The first kappa shape index (κ1) is 12.5. The highest BCUT2D eigenvalue weighted by Crippen LogP contribution is 2.25. The van der Waals surface area contributed by atoms with Gasteiger partial charge in [0.05, 0.1) is 10.7 Å². The maximum atomic E-state index is 5.98. The maximum Gasteiger partial charge on any atom is 0.187 e. The number of nitrogens with one attached hydrogen (secondary N) is 2. The van der Waals surface area contributed by atoms with Crippen molar-refractivity contribution in [2.45, 2.75) is 0 Å². The van der Waals surface area contributed by atoms with Gasteiger partial charge >= 0.3 is 0 Å². The number of hydrazine groups is 1. The fourth-order valence-electron chi connectivity index (χ4n) is 0.891. The van der Waals surface area contributed by atoms with Crippen LogP contribution in [0.25, 0.3) is 0 Å². The van der Waals surface area contributed by atoms with Gasteiger partial charge in [0.15, 0.2) is 5.11 Å². The molecule has 0 heterocycles. The van der Waals surface area contributed by atoms with Crippen LogP contribution in [0.2, 0.25) is 10.0 Å². The van der Waals surface area contributed by atoms with Crippen molar-refractivity contribution in [3.63, 3.8) is 0 Å². The summed E-state index contributed by atoms with van der Waals surface area (Å²) in [6.45, 7) is 0. The van der Waals surface area contributed by atoms with E-state index in [-0.39, 0.29) is 0 Å². The molecule has 1 aromatic carbocycles. The molecule has 0 unspecified atom stereocenters. The van der Waals surface area contributed by atoms with E-state index in [4.69, 9.17) is 35.4 Å². The zero-order chi connectivity index (χ0) is 11.4. The first-order valence-corrected chi connectivity index (χ1v) is 5.38. The zero-order valence-electron chi connectivity index (χ0n) is 8.34. The van der Waals surface area contributed by atoms with Gasteiger partial charge in [-0.3, -0.25) is 5.01 Å². The van der Waals surface area contributed by atoms with E-state index in [1.165, 1.54) is 0 Å². The average molecular weight is 264 g/mol. The van der Waals surface area contributed by atoms with Gasteiger partial charge in [0.25, 0.3) is 0 Å². The van der Waals surface area contributed by atoms with E-state index in [1.807, 2.05) is 0 Å². The normalized spacial score (nSPS) is 9.87. The van der Waals surface area contributed by atoms with Crippen molar-refractivity contribution in [3.05, 3.63) is 28.2 Å². The monoisotopic (exact) mass is 263 g/mol. The van der Waals surface area contributed by atoms with Gasteiger partial charge in [0.1, 0.15) is 0 Å². The summed E-state index contributed by atoms with van der Waals surface area (Å²) >= 11 is 16.9. The van der Waals surface area contributed by atoms with Crippen molar-refractivity contribution in [2.75, 3.05) is 19.4 Å². The van der Waals surface area contributed by atoms with Crippen molar-refractivity contribution < 1.29 is 0 Å². The van der Waals surface area contributed by atoms with Crippen molar-refractivity contribution in [1.29, 1.82) is 0 Å². The Morgan fingerprint density at radius 1 is 1.40 bits per heavy atom. The van der Waals surface area contributed by atoms with Crippen LogP contribution in [-0.4, -0.2) is 24.2 Å². The Hall–Kier alpha value is -0.550. The average Bonchev–Trinajstić information content (AvgIpc) is 2.20. The number of hydrogen-bond acceptors (Lipinski definition) is 2. The minimum atomic E-state index is 0.529. The summed E-state index contributed by atoms with van der Waals surface area (Å²) in [6.07, 6.45) is 0. The summed E-state index contributed by atoms with van der Waals surface area (Å²) in [5, 5.41) is 6.32. The molecule has 2 N–H and O–H groups in total. The standard InChI is InChI=1S/C9H11Cl2N3S/c1-12-14(2)9(15)13-8-4-3-6(10)5-7(8)11/h3-5,12H,1-2H3,(H,13,15). The number of hydrogen-bond donors (Lipinski definition) is 2. The molecule has 0 saturated heterocycles. The van der Waals surface area contributed by atoms with Gasteiger partial charge in [0, 0.05) is 19.1 Å². The highest BCUT2D eigenvalue weighted by molar-refractivity contribution is 7.80. The Morgan fingerprint density at radius 2 is 2.07 bits per heavy atom. The quantitative estimate of drug-likeness (QED) is 0.634. The third-order valence-corrected chi connectivity index (χ3v) is 2.74. The van der Waals surface area contributed by atoms with E-state index in [2.05, 4.69) is 10.7 Å². The Labute approximate surface area is 104 Å². The topological polar surface area (TPSA) is 27.3 Å². The molecule has 0 aliphatic rings. The molecular formula is C9H11Cl2N3S. The van der Waals surface area contributed by atoms with Crippen LogP contribution in [0.15, 0.2) is 18.2 Å². The lowest BCUT2D eigenvalue weighted by Gasteiger charge is -2.19. The van der Waals surface area contributed by atoms with Crippen LogP contribution in [0.4, 0.5) is 5.69 Å². The van der Waals surface area contributed by atoms with E-state index < -0.39 is 0 Å². The fourth-order valence-corrected chi connectivity index (χ4v) is 1.55. The molecule has 0 amide bonds. The van der Waals surface area contributed by atoms with Crippen molar-refractivity contribution in [3.8, 4) is 0 Å². The van der Waals surface area contributed by atoms with Crippen molar-refractivity contribution >= 4 is 46.2 Å². The Morgan fingerprint density at radius 3 is 2.60 bits per heavy atom. The largest absolute Gasteiger partial charge is 0.330 e. The van der Waals surface area contributed by atoms with Gasteiger partial charge in [-0.1, -0.05) is 23.2 Å². The molecule has 0 bridgehead atoms. The minimum Gasteiger partial charge on any atom is -0.330 e. The molecule has 82 valence electrons. The summed E-state index contributed by atoms with van der Waals surface area (Å²) in [5.41, 5.74) is 3.61. The van der Waals surface area contributed by atoms with Crippen LogP contribution < -0.4 is 10.7 Å². The fraction of sp³-hybridized carbons (Fsp3) is 0.222. The summed E-state index contributed by atoms with van der Waals surface area (Å²) < 4.78 is 0. The van der Waals surface area contributed by atoms with E-state index in [9.17, 15) is 0 Å². The van der Waals surface area contributed by atoms with Crippen LogP contribution in [0.5, 0.6) is 0 Å². The third-order valence-electron chi connectivity index (χ3n) is 1.81. The second-order valence-corrected chi connectivity index (χ2v) is 4.07. The van der Waals surface area contributed by atoms with Gasteiger partial charge < -0.3 is 5.32 Å². The molecule has 0 saturated carbocycles. The summed E-state index contributed by atoms with van der Waals surface area (Å²) in [4.78, 5) is 0. The number of thiocarbonyl (C=S) groups is 1. The molecule has 1 rings (SSSR count). The molecule has 0 fully saturated rings. The molecule has 1 aromatic rings. The van der Waals surface area contributed by atoms with Gasteiger partial charge in [-0.2, -0.15) is 0 Å². The highest BCUT2D eigenvalue weighted by atomic mass is 35.5. The Balaban J connectivity index is 2.77. The molecule has 0 radical (unpaired) electrons. The summed E-state index contributed by atoms with van der Waals surface area (Å²) in [5.74, 6) is 0. The number of halogens is 2. The van der Waals surface area contributed by atoms with Gasteiger partial charge in [0.2, 0.25) is 0 Å². The first-order valence-electron chi connectivity index (χ1n) is 4.21. The van der Waals surface area contributed by atoms with Crippen LogP contribution in [0.3, 0.4) is 0 Å². The molecular weight excluding hydrogens is 253 g/mol. The molecule has 0 aromatic heterocycles. The SMILES string of the molecule is CNN(C)C(=S)Nc1ccc(Cl)cc1Cl. The number of rotatable bonds is 2. The number of nitrogens with zero attached hydrogens (tertiary/aromatic N) is 1. The van der Waals surface area contributed by atoms with Crippen LogP contribution >= 0.6 is 35.4 Å². The number of anilines is 1. The molecule has 0 spiro atoms. The Kier molecular flexibility index (Phi) is 4.60. The lowest BCUT2D eigenvalue weighted by atomic mass is 10.3. The highest BCUT2D eigenvalue weighted by Gasteiger charge is 2.05. The zero-order valence-corrected chi connectivity index (χ0v) is 10.7. The van der Waals surface area contributed by atoms with Crippen molar-refractivity contribution in [2.24, 2.45) is 0 Å². The molecule has 0 aliphatic carbocycles. The number of benzene rings is 1. The molecule has 0 atom stereocenters. The molecule has 3 nitrogen and oxygen atoms in total. The van der Waals surface area contributed by atoms with E-state index in [0.717, 1.165) is 5.69 Å². The molecule has 0 aliphatic heterocycles. The van der Waals surface area contributed by atoms with Crippen LogP contribution in [-0.2, 0) is 0 Å². The van der Waals surface area contributed by atoms with Gasteiger partial charge in [-0.15, -0.1) is 0 Å².